The van der Waals surface area contributed by atoms with E-state index in [-0.39, 0.29) is 0 Å². The van der Waals surface area contributed by atoms with E-state index in [0.717, 1.165) is 13.1 Å². The van der Waals surface area contributed by atoms with Crippen molar-refractivity contribution in [3.8, 4) is 19.5 Å². The van der Waals surface area contributed by atoms with E-state index < -0.39 is 0 Å². The number of fused-ring (bicyclic) bond motifs is 2. The van der Waals surface area contributed by atoms with Gasteiger partial charge in [0.1, 0.15) is 0 Å². The first-order valence-corrected chi connectivity index (χ1v) is 14.0. The lowest BCUT2D eigenvalue weighted by molar-refractivity contribution is 0.403. The maximum atomic E-state index is 2.40. The van der Waals surface area contributed by atoms with Gasteiger partial charge in [0.05, 0.1) is 0 Å². The third kappa shape index (κ3) is 4.32. The van der Waals surface area contributed by atoms with Gasteiger partial charge in [-0.15, -0.1) is 45.3 Å². The lowest BCUT2D eigenvalue weighted by Crippen LogP contribution is -2.10. The Hall–Kier alpha value is -1.54. The van der Waals surface area contributed by atoms with E-state index in [1.165, 1.54) is 60.6 Å². The van der Waals surface area contributed by atoms with Crippen LogP contribution in [-0.2, 0) is 13.1 Å². The van der Waals surface area contributed by atoms with Crippen LogP contribution in [0.1, 0.15) is 20.9 Å². The van der Waals surface area contributed by atoms with Crippen LogP contribution in [0.3, 0.4) is 0 Å². The van der Waals surface area contributed by atoms with Crippen molar-refractivity contribution in [3.05, 3.63) is 57.3 Å². The number of aryl methyl sites for hydroxylation is 2. The fourth-order valence-electron chi connectivity index (χ4n) is 4.26. The van der Waals surface area contributed by atoms with Gasteiger partial charge in [-0.1, -0.05) is 0 Å². The molecule has 0 fully saturated rings. The van der Waals surface area contributed by atoms with Crippen LogP contribution < -0.4 is 0 Å². The predicted molar refractivity (Wildman–Crippen MR) is 148 cm³/mol. The minimum Gasteiger partial charge on any atom is -0.305 e. The van der Waals surface area contributed by atoms with E-state index >= 15 is 0 Å². The second-order valence-electron chi connectivity index (χ2n) is 9.05. The Balaban J connectivity index is 1.56. The normalized spacial score (nSPS) is 12.2. The van der Waals surface area contributed by atoms with Gasteiger partial charge in [-0.3, -0.25) is 0 Å². The highest BCUT2D eigenvalue weighted by molar-refractivity contribution is 7.27. The molecule has 0 aliphatic heterocycles. The Morgan fingerprint density at radius 2 is 0.969 bits per heavy atom. The maximum Gasteiger partial charge on any atom is 0.0490 e. The first-order chi connectivity index (χ1) is 15.3. The SMILES string of the molecule is Cc1cc(CN(C)C)c(-c2cc3cc4sc(-c5sc(C)cc5CN(C)C)cc4cc3s2)s1. The lowest BCUT2D eigenvalue weighted by Gasteiger charge is -2.09. The first kappa shape index (κ1) is 22.3. The van der Waals surface area contributed by atoms with Crippen molar-refractivity contribution in [2.24, 2.45) is 0 Å². The van der Waals surface area contributed by atoms with E-state index in [0.29, 0.717) is 0 Å². The third-order valence-electron chi connectivity index (χ3n) is 5.44. The minimum absolute atomic E-state index is 0.988. The Morgan fingerprint density at radius 3 is 1.34 bits per heavy atom. The molecular weight excluding hydrogens is 469 g/mol. The molecule has 0 saturated carbocycles. The summed E-state index contributed by atoms with van der Waals surface area (Å²) in [6.45, 7) is 6.41. The molecule has 0 aliphatic carbocycles. The predicted octanol–water partition coefficient (Wildman–Crippen LogP) is 8.31. The third-order valence-corrected chi connectivity index (χ3v) is 10.2. The van der Waals surface area contributed by atoms with Crippen LogP contribution in [0.4, 0.5) is 0 Å². The molecule has 0 aliphatic rings. The summed E-state index contributed by atoms with van der Waals surface area (Å²) < 4.78 is 2.77. The lowest BCUT2D eigenvalue weighted by atomic mass is 10.1. The first-order valence-electron chi connectivity index (χ1n) is 10.7. The van der Waals surface area contributed by atoms with Gasteiger partial charge in [0.2, 0.25) is 0 Å². The van der Waals surface area contributed by atoms with Crippen molar-refractivity contribution in [1.82, 2.24) is 9.80 Å². The molecule has 0 radical (unpaired) electrons. The number of rotatable bonds is 6. The number of hydrogen-bond acceptors (Lipinski definition) is 6. The number of nitrogens with zero attached hydrogens (tertiary/aromatic N) is 2. The molecule has 4 aromatic heterocycles. The zero-order valence-electron chi connectivity index (χ0n) is 19.4. The largest absolute Gasteiger partial charge is 0.305 e. The molecule has 1 aromatic carbocycles. The standard InChI is InChI=1S/C26H28N2S4/c1-15-7-19(13-27(3)4)25(29-15)23-11-17-9-22-18(10-21(17)31-23)12-24(32-22)26-20(14-28(5)6)8-16(2)30-26/h7-12H,13-14H2,1-6H3. The summed E-state index contributed by atoms with van der Waals surface area (Å²) in [7, 11) is 8.58. The smallest absolute Gasteiger partial charge is 0.0490 e. The van der Waals surface area contributed by atoms with Crippen LogP contribution >= 0.6 is 45.3 Å². The topological polar surface area (TPSA) is 6.48 Å². The van der Waals surface area contributed by atoms with Gasteiger partial charge in [-0.25, -0.2) is 0 Å². The minimum atomic E-state index is 0.988. The van der Waals surface area contributed by atoms with E-state index in [2.05, 4.69) is 88.2 Å². The van der Waals surface area contributed by atoms with Crippen molar-refractivity contribution in [2.75, 3.05) is 28.2 Å². The van der Waals surface area contributed by atoms with Crippen molar-refractivity contribution >= 4 is 65.5 Å². The Kier molecular flexibility index (Phi) is 6.03. The molecular formula is C26H28N2S4. The molecule has 0 N–H and O–H groups in total. The molecule has 0 unspecified atom stereocenters. The van der Waals surface area contributed by atoms with Crippen LogP contribution in [0.5, 0.6) is 0 Å². The second kappa shape index (κ2) is 8.67. The van der Waals surface area contributed by atoms with Gasteiger partial charge in [-0.2, -0.15) is 0 Å². The Labute approximate surface area is 206 Å². The fraction of sp³-hybridized carbons (Fsp3) is 0.308. The zero-order chi connectivity index (χ0) is 22.6. The van der Waals surface area contributed by atoms with Gasteiger partial charge in [0.15, 0.2) is 0 Å². The van der Waals surface area contributed by atoms with Crippen LogP contribution in [0.15, 0.2) is 36.4 Å². The van der Waals surface area contributed by atoms with Gasteiger partial charge >= 0.3 is 0 Å². The quantitative estimate of drug-likeness (QED) is 0.233. The van der Waals surface area contributed by atoms with Crippen LogP contribution in [0.2, 0.25) is 0 Å². The molecule has 0 saturated heterocycles. The van der Waals surface area contributed by atoms with E-state index in [4.69, 9.17) is 0 Å². The van der Waals surface area contributed by atoms with Crippen LogP contribution in [0, 0.1) is 13.8 Å². The molecule has 6 heteroatoms. The highest BCUT2D eigenvalue weighted by Gasteiger charge is 2.16. The van der Waals surface area contributed by atoms with Gasteiger partial charge < -0.3 is 9.80 Å². The second-order valence-corrected chi connectivity index (χ2v) is 13.7. The molecule has 0 bridgehead atoms. The van der Waals surface area contributed by atoms with E-state index in [1.54, 1.807) is 0 Å². The van der Waals surface area contributed by atoms with Gasteiger partial charge in [0, 0.05) is 51.8 Å². The summed E-state index contributed by atoms with van der Waals surface area (Å²) in [6, 6.07) is 14.3. The average Bonchev–Trinajstić information content (AvgIpc) is 3.43. The molecule has 0 atom stereocenters. The summed E-state index contributed by atoms with van der Waals surface area (Å²) >= 11 is 7.71. The Bertz CT molecular complexity index is 1260. The number of benzene rings is 1. The molecule has 32 heavy (non-hydrogen) atoms. The van der Waals surface area contributed by atoms with E-state index in [9.17, 15) is 0 Å². The molecule has 0 spiro atoms. The average molecular weight is 497 g/mol. The highest BCUT2D eigenvalue weighted by atomic mass is 32.1. The maximum absolute atomic E-state index is 2.40. The molecule has 5 rings (SSSR count). The summed E-state index contributed by atoms with van der Waals surface area (Å²) in [5, 5.41) is 2.73. The monoisotopic (exact) mass is 496 g/mol. The Morgan fingerprint density at radius 1 is 0.562 bits per heavy atom. The van der Waals surface area contributed by atoms with Crippen molar-refractivity contribution in [3.63, 3.8) is 0 Å². The van der Waals surface area contributed by atoms with E-state index in [1.807, 2.05) is 45.3 Å². The van der Waals surface area contributed by atoms with Gasteiger partial charge in [0.25, 0.3) is 0 Å². The molecule has 166 valence electrons. The van der Waals surface area contributed by atoms with Crippen molar-refractivity contribution in [2.45, 2.75) is 26.9 Å². The summed E-state index contributed by atoms with van der Waals surface area (Å²) in [5.41, 5.74) is 2.88. The van der Waals surface area contributed by atoms with Crippen LogP contribution in [0.25, 0.3) is 39.7 Å². The van der Waals surface area contributed by atoms with Crippen LogP contribution in [-0.4, -0.2) is 38.0 Å². The molecule has 4 heterocycles. The highest BCUT2D eigenvalue weighted by Crippen LogP contribution is 2.44. The summed E-state index contributed by atoms with van der Waals surface area (Å²) in [4.78, 5) is 13.0. The number of hydrogen-bond donors (Lipinski definition) is 0. The van der Waals surface area contributed by atoms with Crippen molar-refractivity contribution in [1.29, 1.82) is 0 Å². The summed E-state index contributed by atoms with van der Waals surface area (Å²) in [5.74, 6) is 0. The summed E-state index contributed by atoms with van der Waals surface area (Å²) in [6.07, 6.45) is 0. The molecule has 0 amide bonds. The fourth-order valence-corrected chi connectivity index (χ4v) is 8.77. The number of thiophene rings is 4. The van der Waals surface area contributed by atoms with Crippen molar-refractivity contribution < 1.29 is 0 Å². The van der Waals surface area contributed by atoms with Gasteiger partial charge in [-0.05, 0) is 100 Å². The molecule has 5 aromatic rings. The zero-order valence-corrected chi connectivity index (χ0v) is 22.7. The molecule has 2 nitrogen and oxygen atoms in total.